The number of aliphatic hydroxyl groups is 1. The number of aliphatic hydroxyl groups excluding tert-OH is 1. The summed E-state index contributed by atoms with van der Waals surface area (Å²) >= 11 is 0. The minimum Gasteiger partial charge on any atom is -0.392 e. The summed E-state index contributed by atoms with van der Waals surface area (Å²) in [5, 5.41) is 30.8. The van der Waals surface area contributed by atoms with Crippen LogP contribution in [0.15, 0.2) is 18.2 Å². The summed E-state index contributed by atoms with van der Waals surface area (Å²) in [4.78, 5) is 15.2. The maximum Gasteiger partial charge on any atom is 0.292 e. The number of hydrogen-bond acceptors (Lipinski definition) is 6. The van der Waals surface area contributed by atoms with Crippen molar-refractivity contribution in [3.63, 3.8) is 0 Å². The number of anilines is 1. The van der Waals surface area contributed by atoms with Gasteiger partial charge in [-0.3, -0.25) is 15.2 Å². The number of nitro groups is 1. The molecule has 0 bridgehead atoms. The van der Waals surface area contributed by atoms with E-state index in [1.165, 1.54) is 6.07 Å². The third kappa shape index (κ3) is 3.53. The third-order valence-corrected chi connectivity index (χ3v) is 4.51. The Hall–Kier alpha value is -2.48. The first-order valence-electron chi connectivity index (χ1n) is 8.10. The second kappa shape index (κ2) is 6.96. The van der Waals surface area contributed by atoms with E-state index in [1.807, 2.05) is 6.92 Å². The number of benzene rings is 1. The molecule has 0 saturated heterocycles. The average Bonchev–Trinajstić information content (AvgIpc) is 3.01. The lowest BCUT2D eigenvalue weighted by molar-refractivity contribution is -0.384. The molecule has 0 atom stereocenters. The molecule has 2 aromatic rings. The SMILES string of the molecule is Cc1nc(C2CCC(Nc3cc(CO)ccc3[N+](=O)[O-])CC2)n[nH]1. The summed E-state index contributed by atoms with van der Waals surface area (Å²) < 4.78 is 0. The van der Waals surface area contributed by atoms with Gasteiger partial charge in [0, 0.05) is 18.0 Å². The quantitative estimate of drug-likeness (QED) is 0.573. The van der Waals surface area contributed by atoms with E-state index >= 15 is 0 Å². The number of rotatable bonds is 5. The monoisotopic (exact) mass is 331 g/mol. The van der Waals surface area contributed by atoms with E-state index in [1.54, 1.807) is 12.1 Å². The van der Waals surface area contributed by atoms with Crippen LogP contribution in [0, 0.1) is 17.0 Å². The Morgan fingerprint density at radius 1 is 1.38 bits per heavy atom. The van der Waals surface area contributed by atoms with Gasteiger partial charge in [0.25, 0.3) is 5.69 Å². The number of H-pyrrole nitrogens is 1. The molecule has 0 amide bonds. The van der Waals surface area contributed by atoms with Gasteiger partial charge in [-0.05, 0) is 50.3 Å². The van der Waals surface area contributed by atoms with Crippen molar-refractivity contribution in [3.05, 3.63) is 45.5 Å². The molecule has 8 nitrogen and oxygen atoms in total. The molecule has 3 N–H and O–H groups in total. The minimum atomic E-state index is -0.397. The van der Waals surface area contributed by atoms with Crippen LogP contribution in [-0.4, -0.2) is 31.3 Å². The molecule has 0 aliphatic heterocycles. The molecule has 8 heteroatoms. The highest BCUT2D eigenvalue weighted by molar-refractivity contribution is 5.63. The standard InChI is InChI=1S/C16H21N5O3/c1-10-17-16(20-19-10)12-3-5-13(6-4-12)18-14-8-11(9-22)2-7-15(14)21(23)24/h2,7-8,12-13,18,22H,3-6,9H2,1H3,(H,17,19,20). The summed E-state index contributed by atoms with van der Waals surface area (Å²) in [5.74, 6) is 2.02. The van der Waals surface area contributed by atoms with E-state index in [4.69, 9.17) is 0 Å². The van der Waals surface area contributed by atoms with Gasteiger partial charge in [0.1, 0.15) is 11.5 Å². The van der Waals surface area contributed by atoms with E-state index in [0.29, 0.717) is 17.2 Å². The smallest absolute Gasteiger partial charge is 0.292 e. The van der Waals surface area contributed by atoms with Crippen LogP contribution in [0.1, 0.15) is 48.8 Å². The zero-order chi connectivity index (χ0) is 17.1. The van der Waals surface area contributed by atoms with Crippen molar-refractivity contribution in [2.75, 3.05) is 5.32 Å². The van der Waals surface area contributed by atoms with E-state index in [-0.39, 0.29) is 18.3 Å². The van der Waals surface area contributed by atoms with E-state index in [9.17, 15) is 15.2 Å². The summed E-state index contributed by atoms with van der Waals surface area (Å²) in [6, 6.07) is 4.85. The predicted octanol–water partition coefficient (Wildman–Crippen LogP) is 2.65. The number of hydrogen-bond donors (Lipinski definition) is 3. The maximum atomic E-state index is 11.2. The van der Waals surface area contributed by atoms with Crippen molar-refractivity contribution in [3.8, 4) is 0 Å². The maximum absolute atomic E-state index is 11.2. The van der Waals surface area contributed by atoms with Crippen molar-refractivity contribution in [1.82, 2.24) is 15.2 Å². The first kappa shape index (κ1) is 16.4. The molecule has 1 aromatic heterocycles. The average molecular weight is 331 g/mol. The molecule has 0 radical (unpaired) electrons. The van der Waals surface area contributed by atoms with Crippen LogP contribution in [0.3, 0.4) is 0 Å². The van der Waals surface area contributed by atoms with Crippen molar-refractivity contribution >= 4 is 11.4 Å². The van der Waals surface area contributed by atoms with Crippen molar-refractivity contribution in [1.29, 1.82) is 0 Å². The molecular weight excluding hydrogens is 310 g/mol. The molecule has 1 aliphatic carbocycles. The fourth-order valence-corrected chi connectivity index (χ4v) is 3.21. The zero-order valence-electron chi connectivity index (χ0n) is 13.5. The van der Waals surface area contributed by atoms with Crippen LogP contribution < -0.4 is 5.32 Å². The van der Waals surface area contributed by atoms with Gasteiger partial charge in [0.15, 0.2) is 5.82 Å². The van der Waals surface area contributed by atoms with Crippen LogP contribution in [-0.2, 0) is 6.61 Å². The molecule has 1 aliphatic rings. The number of aryl methyl sites for hydroxylation is 1. The summed E-state index contributed by atoms with van der Waals surface area (Å²) in [6.07, 6.45) is 3.70. The third-order valence-electron chi connectivity index (χ3n) is 4.51. The molecule has 0 unspecified atom stereocenters. The van der Waals surface area contributed by atoms with Crippen LogP contribution in [0.25, 0.3) is 0 Å². The Morgan fingerprint density at radius 3 is 2.71 bits per heavy atom. The molecule has 1 saturated carbocycles. The van der Waals surface area contributed by atoms with Gasteiger partial charge >= 0.3 is 0 Å². The lowest BCUT2D eigenvalue weighted by atomic mass is 9.85. The second-order valence-corrected chi connectivity index (χ2v) is 6.24. The lowest BCUT2D eigenvalue weighted by Crippen LogP contribution is -2.26. The van der Waals surface area contributed by atoms with Gasteiger partial charge in [-0.25, -0.2) is 4.98 Å². The topological polar surface area (TPSA) is 117 Å². The summed E-state index contributed by atoms with van der Waals surface area (Å²) in [7, 11) is 0. The highest BCUT2D eigenvalue weighted by Gasteiger charge is 2.26. The van der Waals surface area contributed by atoms with Gasteiger partial charge < -0.3 is 10.4 Å². The highest BCUT2D eigenvalue weighted by Crippen LogP contribution is 2.34. The molecule has 3 rings (SSSR count). The van der Waals surface area contributed by atoms with Crippen molar-refractivity contribution in [2.45, 2.75) is 51.2 Å². The Labute approximate surface area is 139 Å². The number of aromatic amines is 1. The van der Waals surface area contributed by atoms with E-state index in [0.717, 1.165) is 37.3 Å². The van der Waals surface area contributed by atoms with Crippen molar-refractivity contribution < 1.29 is 10.0 Å². The first-order chi connectivity index (χ1) is 11.6. The summed E-state index contributed by atoms with van der Waals surface area (Å²) in [6.45, 7) is 1.75. The van der Waals surface area contributed by atoms with Gasteiger partial charge in [-0.2, -0.15) is 5.10 Å². The van der Waals surface area contributed by atoms with E-state index < -0.39 is 4.92 Å². The van der Waals surface area contributed by atoms with Crippen LogP contribution >= 0.6 is 0 Å². The Balaban J connectivity index is 1.66. The molecule has 1 heterocycles. The summed E-state index contributed by atoms with van der Waals surface area (Å²) in [5.41, 5.74) is 1.18. The van der Waals surface area contributed by atoms with Gasteiger partial charge in [0.05, 0.1) is 11.5 Å². The van der Waals surface area contributed by atoms with Crippen molar-refractivity contribution in [2.24, 2.45) is 0 Å². The fourth-order valence-electron chi connectivity index (χ4n) is 3.21. The van der Waals surface area contributed by atoms with Crippen LogP contribution in [0.4, 0.5) is 11.4 Å². The number of aromatic nitrogens is 3. The zero-order valence-corrected chi connectivity index (χ0v) is 13.5. The van der Waals surface area contributed by atoms with Gasteiger partial charge in [-0.15, -0.1) is 0 Å². The number of nitrogens with zero attached hydrogens (tertiary/aromatic N) is 3. The van der Waals surface area contributed by atoms with Gasteiger partial charge in [-0.1, -0.05) is 0 Å². The molecule has 0 spiro atoms. The lowest BCUT2D eigenvalue weighted by Gasteiger charge is -2.28. The molecule has 1 aromatic carbocycles. The molecule has 128 valence electrons. The number of nitro benzene ring substituents is 1. The first-order valence-corrected chi connectivity index (χ1v) is 8.10. The minimum absolute atomic E-state index is 0.0407. The molecule has 24 heavy (non-hydrogen) atoms. The largest absolute Gasteiger partial charge is 0.392 e. The normalized spacial score (nSPS) is 20.8. The van der Waals surface area contributed by atoms with Crippen LogP contribution in [0.5, 0.6) is 0 Å². The molecule has 1 fully saturated rings. The number of nitrogens with one attached hydrogen (secondary N) is 2. The molecular formula is C16H21N5O3. The van der Waals surface area contributed by atoms with E-state index in [2.05, 4.69) is 20.5 Å². The van der Waals surface area contributed by atoms with Gasteiger partial charge in [0.2, 0.25) is 0 Å². The Morgan fingerprint density at radius 2 is 2.12 bits per heavy atom. The Kier molecular flexibility index (Phi) is 4.75. The highest BCUT2D eigenvalue weighted by atomic mass is 16.6. The fraction of sp³-hybridized carbons (Fsp3) is 0.500. The second-order valence-electron chi connectivity index (χ2n) is 6.24. The van der Waals surface area contributed by atoms with Crippen LogP contribution in [0.2, 0.25) is 0 Å². The predicted molar refractivity (Wildman–Crippen MR) is 88.8 cm³/mol. The Bertz CT molecular complexity index is 722.